The first kappa shape index (κ1) is 18.7. The minimum Gasteiger partial charge on any atom is -0.368 e. The van der Waals surface area contributed by atoms with E-state index in [1.54, 1.807) is 17.7 Å². The van der Waals surface area contributed by atoms with E-state index in [1.807, 2.05) is 24.3 Å². The van der Waals surface area contributed by atoms with Crippen molar-refractivity contribution in [1.29, 1.82) is 0 Å². The third kappa shape index (κ3) is 3.66. The van der Waals surface area contributed by atoms with Crippen molar-refractivity contribution in [3.05, 3.63) is 71.0 Å². The molecule has 0 aliphatic carbocycles. The van der Waals surface area contributed by atoms with E-state index < -0.39 is 0 Å². The van der Waals surface area contributed by atoms with Gasteiger partial charge in [-0.1, -0.05) is 53.5 Å². The van der Waals surface area contributed by atoms with Crippen LogP contribution in [-0.4, -0.2) is 36.1 Å². The number of hydrogen-bond donors (Lipinski definition) is 0. The van der Waals surface area contributed by atoms with E-state index in [-0.39, 0.29) is 0 Å². The Morgan fingerprint density at radius 2 is 1.55 bits per heavy atom. The maximum atomic E-state index is 6.19. The van der Waals surface area contributed by atoms with Crippen LogP contribution in [0.2, 0.25) is 10.0 Å². The van der Waals surface area contributed by atoms with Crippen molar-refractivity contribution in [3.8, 4) is 10.4 Å². The molecule has 0 saturated carbocycles. The van der Waals surface area contributed by atoms with E-state index in [9.17, 15) is 0 Å². The van der Waals surface area contributed by atoms with Gasteiger partial charge in [0.15, 0.2) is 0 Å². The average Bonchev–Trinajstić information content (AvgIpc) is 3.21. The number of halogens is 2. The van der Waals surface area contributed by atoms with Crippen LogP contribution in [0.25, 0.3) is 20.7 Å². The quantitative estimate of drug-likeness (QED) is 0.391. The van der Waals surface area contributed by atoms with Gasteiger partial charge in [0.1, 0.15) is 17.0 Å². The minimum atomic E-state index is 0.587. The molecule has 1 saturated heterocycles. The molecule has 146 valence electrons. The average molecular weight is 441 g/mol. The van der Waals surface area contributed by atoms with Gasteiger partial charge >= 0.3 is 0 Å². The maximum absolute atomic E-state index is 6.19. The Bertz CT molecular complexity index is 1150. The van der Waals surface area contributed by atoms with Gasteiger partial charge in [-0.15, -0.1) is 11.3 Å². The highest BCUT2D eigenvalue weighted by atomic mass is 35.5. The lowest BCUT2D eigenvalue weighted by atomic mass is 10.2. The van der Waals surface area contributed by atoms with Crippen molar-refractivity contribution >= 4 is 56.3 Å². The van der Waals surface area contributed by atoms with Crippen LogP contribution in [0, 0.1) is 0 Å². The Morgan fingerprint density at radius 1 is 0.793 bits per heavy atom. The fourth-order valence-electron chi connectivity index (χ4n) is 3.70. The highest BCUT2D eigenvalue weighted by molar-refractivity contribution is 7.21. The summed E-state index contributed by atoms with van der Waals surface area (Å²) in [5.74, 6) is 1.02. The van der Waals surface area contributed by atoms with Gasteiger partial charge in [0.05, 0.1) is 15.4 Å². The Hall–Kier alpha value is -2.34. The molecule has 1 aliphatic rings. The number of piperazine rings is 1. The summed E-state index contributed by atoms with van der Waals surface area (Å²) in [4.78, 5) is 16.1. The number of benzene rings is 2. The fourth-order valence-corrected chi connectivity index (χ4v) is 4.99. The number of anilines is 2. The van der Waals surface area contributed by atoms with Gasteiger partial charge in [0, 0.05) is 36.7 Å². The summed E-state index contributed by atoms with van der Waals surface area (Å²) in [5, 5.41) is 2.30. The molecule has 29 heavy (non-hydrogen) atoms. The summed E-state index contributed by atoms with van der Waals surface area (Å²) >= 11 is 14.0. The number of nitrogens with zero attached hydrogens (tertiary/aromatic N) is 4. The van der Waals surface area contributed by atoms with Crippen molar-refractivity contribution in [2.24, 2.45) is 0 Å². The van der Waals surface area contributed by atoms with Crippen LogP contribution in [0.1, 0.15) is 0 Å². The Balaban J connectivity index is 1.39. The standard InChI is InChI=1S/C22H18Cl2N4S/c23-18-7-6-16(12-19(18)24)27-8-10-28(11-9-27)21-17-13-20(15-4-2-1-3-5-15)29-22(17)26-14-25-21/h1-7,12-14H,8-11H2. The molecule has 4 nitrogen and oxygen atoms in total. The number of rotatable bonds is 3. The second kappa shape index (κ2) is 7.82. The van der Waals surface area contributed by atoms with Gasteiger partial charge < -0.3 is 9.80 Å². The van der Waals surface area contributed by atoms with E-state index in [0.717, 1.165) is 47.9 Å². The zero-order valence-electron chi connectivity index (χ0n) is 15.6. The zero-order valence-corrected chi connectivity index (χ0v) is 17.9. The van der Waals surface area contributed by atoms with Crippen LogP contribution in [0.15, 0.2) is 60.9 Å². The van der Waals surface area contributed by atoms with Crippen molar-refractivity contribution in [2.75, 3.05) is 36.0 Å². The number of fused-ring (bicyclic) bond motifs is 1. The molecule has 3 heterocycles. The first-order chi connectivity index (χ1) is 14.2. The molecule has 0 radical (unpaired) electrons. The first-order valence-electron chi connectivity index (χ1n) is 9.44. The van der Waals surface area contributed by atoms with Gasteiger partial charge in [-0.05, 0) is 29.8 Å². The summed E-state index contributed by atoms with van der Waals surface area (Å²) in [6, 6.07) is 18.5. The smallest absolute Gasteiger partial charge is 0.140 e. The molecule has 0 bridgehead atoms. The predicted octanol–water partition coefficient (Wildman–Crippen LogP) is 5.99. The summed E-state index contributed by atoms with van der Waals surface area (Å²) in [6.45, 7) is 3.59. The molecule has 1 fully saturated rings. The maximum Gasteiger partial charge on any atom is 0.140 e. The van der Waals surface area contributed by atoms with E-state index in [0.29, 0.717) is 10.0 Å². The normalized spacial score (nSPS) is 14.6. The predicted molar refractivity (Wildman–Crippen MR) is 124 cm³/mol. The van der Waals surface area contributed by atoms with Crippen molar-refractivity contribution in [2.45, 2.75) is 0 Å². The number of thiophene rings is 1. The molecule has 1 aliphatic heterocycles. The summed E-state index contributed by atoms with van der Waals surface area (Å²) in [7, 11) is 0. The highest BCUT2D eigenvalue weighted by Gasteiger charge is 2.21. The van der Waals surface area contributed by atoms with Crippen LogP contribution < -0.4 is 9.80 Å². The van der Waals surface area contributed by atoms with Gasteiger partial charge in [-0.2, -0.15) is 0 Å². The van der Waals surface area contributed by atoms with Crippen molar-refractivity contribution in [3.63, 3.8) is 0 Å². The molecule has 4 aromatic rings. The van der Waals surface area contributed by atoms with Gasteiger partial charge in [0.25, 0.3) is 0 Å². The lowest BCUT2D eigenvalue weighted by Crippen LogP contribution is -2.46. The minimum absolute atomic E-state index is 0.587. The lowest BCUT2D eigenvalue weighted by Gasteiger charge is -2.37. The fraction of sp³-hybridized carbons (Fsp3) is 0.182. The third-order valence-corrected chi connectivity index (χ3v) is 7.05. The van der Waals surface area contributed by atoms with Crippen molar-refractivity contribution in [1.82, 2.24) is 9.97 Å². The highest BCUT2D eigenvalue weighted by Crippen LogP contribution is 2.36. The summed E-state index contributed by atoms with van der Waals surface area (Å²) in [5.41, 5.74) is 2.32. The SMILES string of the molecule is Clc1ccc(N2CCN(c3ncnc4sc(-c5ccccc5)cc34)CC2)cc1Cl. The molecular formula is C22H18Cl2N4S. The van der Waals surface area contributed by atoms with E-state index in [1.165, 1.54) is 10.4 Å². The van der Waals surface area contributed by atoms with Gasteiger partial charge in [-0.3, -0.25) is 0 Å². The molecule has 2 aromatic carbocycles. The van der Waals surface area contributed by atoms with Crippen LogP contribution in [0.5, 0.6) is 0 Å². The molecule has 0 amide bonds. The van der Waals surface area contributed by atoms with E-state index in [4.69, 9.17) is 23.2 Å². The topological polar surface area (TPSA) is 32.3 Å². The van der Waals surface area contributed by atoms with Crippen LogP contribution >= 0.6 is 34.5 Å². The molecule has 0 N–H and O–H groups in total. The summed E-state index contributed by atoms with van der Waals surface area (Å²) < 4.78 is 0. The second-order valence-corrected chi connectivity index (χ2v) is 8.81. The van der Waals surface area contributed by atoms with E-state index >= 15 is 0 Å². The molecule has 0 spiro atoms. The summed E-state index contributed by atoms with van der Waals surface area (Å²) in [6.07, 6.45) is 1.67. The molecule has 5 rings (SSSR count). The third-order valence-electron chi connectivity index (χ3n) is 5.21. The Labute approximate surface area is 183 Å². The molecule has 7 heteroatoms. The van der Waals surface area contributed by atoms with Crippen LogP contribution in [0.3, 0.4) is 0 Å². The van der Waals surface area contributed by atoms with E-state index in [2.05, 4.69) is 50.1 Å². The molecular weight excluding hydrogens is 423 g/mol. The van der Waals surface area contributed by atoms with Crippen LogP contribution in [0.4, 0.5) is 11.5 Å². The van der Waals surface area contributed by atoms with Crippen LogP contribution in [-0.2, 0) is 0 Å². The largest absolute Gasteiger partial charge is 0.368 e. The number of hydrogen-bond acceptors (Lipinski definition) is 5. The monoisotopic (exact) mass is 440 g/mol. The Morgan fingerprint density at radius 3 is 2.31 bits per heavy atom. The second-order valence-electron chi connectivity index (χ2n) is 6.97. The lowest BCUT2D eigenvalue weighted by molar-refractivity contribution is 0.649. The first-order valence-corrected chi connectivity index (χ1v) is 11.0. The molecule has 2 aromatic heterocycles. The molecule has 0 atom stereocenters. The molecule has 0 unspecified atom stereocenters. The zero-order chi connectivity index (χ0) is 19.8. The van der Waals surface area contributed by atoms with Crippen molar-refractivity contribution < 1.29 is 0 Å². The van der Waals surface area contributed by atoms with Gasteiger partial charge in [0.2, 0.25) is 0 Å². The Kier molecular flexibility index (Phi) is 5.04. The van der Waals surface area contributed by atoms with Gasteiger partial charge in [-0.25, -0.2) is 9.97 Å². The number of aromatic nitrogens is 2.